The largest absolute Gasteiger partial charge is 0.492 e. The fourth-order valence-corrected chi connectivity index (χ4v) is 3.89. The molecule has 0 atom stereocenters. The van der Waals surface area contributed by atoms with Crippen molar-refractivity contribution in [1.82, 2.24) is 4.90 Å². The van der Waals surface area contributed by atoms with E-state index in [1.165, 1.54) is 44.1 Å². The zero-order valence-electron chi connectivity index (χ0n) is 13.0. The van der Waals surface area contributed by atoms with E-state index in [-0.39, 0.29) is 0 Å². The molecular weight excluding hydrogens is 260 g/mol. The lowest BCUT2D eigenvalue weighted by Gasteiger charge is -2.36. The van der Waals surface area contributed by atoms with Gasteiger partial charge in [0.2, 0.25) is 0 Å². The summed E-state index contributed by atoms with van der Waals surface area (Å²) in [5.74, 6) is 1.06. The van der Waals surface area contributed by atoms with Gasteiger partial charge in [-0.15, -0.1) is 0 Å². The molecule has 1 aliphatic carbocycles. The summed E-state index contributed by atoms with van der Waals surface area (Å²) in [6, 6.07) is 8.44. The molecule has 21 heavy (non-hydrogen) atoms. The molecule has 1 heterocycles. The second-order valence-corrected chi connectivity index (χ2v) is 6.79. The van der Waals surface area contributed by atoms with Crippen molar-refractivity contribution in [1.29, 1.82) is 0 Å². The summed E-state index contributed by atoms with van der Waals surface area (Å²) in [6.07, 6.45) is 8.04. The average Bonchev–Trinajstić information content (AvgIpc) is 2.86. The number of fused-ring (bicyclic) bond motifs is 1. The monoisotopic (exact) mass is 288 g/mol. The number of ether oxygens (including phenoxy) is 1. The van der Waals surface area contributed by atoms with E-state index in [1.54, 1.807) is 0 Å². The second-order valence-electron chi connectivity index (χ2n) is 6.79. The Kier molecular flexibility index (Phi) is 4.81. The highest BCUT2D eigenvalue weighted by atomic mass is 16.5. The third-order valence-corrected chi connectivity index (χ3v) is 5.19. The van der Waals surface area contributed by atoms with E-state index < -0.39 is 0 Å². The maximum atomic E-state index is 6.20. The van der Waals surface area contributed by atoms with Gasteiger partial charge in [0.1, 0.15) is 12.4 Å². The average molecular weight is 288 g/mol. The molecule has 0 saturated heterocycles. The van der Waals surface area contributed by atoms with E-state index in [4.69, 9.17) is 10.5 Å². The summed E-state index contributed by atoms with van der Waals surface area (Å²) in [4.78, 5) is 2.56. The summed E-state index contributed by atoms with van der Waals surface area (Å²) < 4.78 is 5.89. The molecule has 3 nitrogen and oxygen atoms in total. The first-order valence-corrected chi connectivity index (χ1v) is 8.44. The molecule has 0 amide bonds. The lowest BCUT2D eigenvalue weighted by molar-refractivity contribution is 0.123. The number of rotatable bonds is 3. The molecular formula is C18H28N2O. The van der Waals surface area contributed by atoms with Gasteiger partial charge in [-0.05, 0) is 30.9 Å². The Morgan fingerprint density at radius 1 is 1.10 bits per heavy atom. The Morgan fingerprint density at radius 3 is 2.62 bits per heavy atom. The van der Waals surface area contributed by atoms with Gasteiger partial charge in [-0.2, -0.15) is 0 Å². The van der Waals surface area contributed by atoms with Crippen LogP contribution in [0.25, 0.3) is 0 Å². The van der Waals surface area contributed by atoms with E-state index in [0.717, 1.165) is 38.5 Å². The smallest absolute Gasteiger partial charge is 0.123 e. The molecule has 0 spiro atoms. The van der Waals surface area contributed by atoms with Gasteiger partial charge in [0.25, 0.3) is 0 Å². The van der Waals surface area contributed by atoms with E-state index in [9.17, 15) is 0 Å². The SMILES string of the molecule is NCC1(CN2CCOc3ccccc3C2)CCCCCC1. The molecule has 3 rings (SSSR count). The summed E-state index contributed by atoms with van der Waals surface area (Å²) >= 11 is 0. The number of nitrogens with two attached hydrogens (primary N) is 1. The first-order valence-electron chi connectivity index (χ1n) is 8.44. The molecule has 1 aromatic rings. The van der Waals surface area contributed by atoms with Crippen LogP contribution in [0, 0.1) is 5.41 Å². The molecule has 0 aromatic heterocycles. The van der Waals surface area contributed by atoms with Gasteiger partial charge in [-0.1, -0.05) is 43.9 Å². The standard InChI is InChI=1S/C18H28N2O/c19-14-18(9-5-1-2-6-10-18)15-20-11-12-21-17-8-4-3-7-16(17)13-20/h3-4,7-8H,1-2,5-6,9-15,19H2. The topological polar surface area (TPSA) is 38.5 Å². The Labute approximate surface area is 128 Å². The summed E-state index contributed by atoms with van der Waals surface area (Å²) in [6.45, 7) is 4.75. The van der Waals surface area contributed by atoms with Crippen molar-refractivity contribution < 1.29 is 4.74 Å². The number of nitrogens with zero attached hydrogens (tertiary/aromatic N) is 1. The van der Waals surface area contributed by atoms with Crippen LogP contribution in [0.4, 0.5) is 0 Å². The van der Waals surface area contributed by atoms with Crippen molar-refractivity contribution in [3.63, 3.8) is 0 Å². The molecule has 2 N–H and O–H groups in total. The van der Waals surface area contributed by atoms with E-state index in [1.807, 2.05) is 0 Å². The van der Waals surface area contributed by atoms with Gasteiger partial charge in [-0.3, -0.25) is 4.90 Å². The minimum atomic E-state index is 0.329. The minimum Gasteiger partial charge on any atom is -0.492 e. The predicted molar refractivity (Wildman–Crippen MR) is 86.4 cm³/mol. The van der Waals surface area contributed by atoms with E-state index in [2.05, 4.69) is 29.2 Å². The Balaban J connectivity index is 1.71. The van der Waals surface area contributed by atoms with Crippen molar-refractivity contribution in [2.24, 2.45) is 11.1 Å². The molecule has 116 valence electrons. The Morgan fingerprint density at radius 2 is 1.86 bits per heavy atom. The van der Waals surface area contributed by atoms with Crippen LogP contribution in [0.15, 0.2) is 24.3 Å². The van der Waals surface area contributed by atoms with Gasteiger partial charge in [0.15, 0.2) is 0 Å². The van der Waals surface area contributed by atoms with Crippen molar-refractivity contribution >= 4 is 0 Å². The number of hydrogen-bond acceptors (Lipinski definition) is 3. The molecule has 0 radical (unpaired) electrons. The lowest BCUT2D eigenvalue weighted by Crippen LogP contribution is -2.43. The fourth-order valence-electron chi connectivity index (χ4n) is 3.89. The molecule has 0 bridgehead atoms. The normalized spacial score (nSPS) is 22.7. The highest BCUT2D eigenvalue weighted by molar-refractivity contribution is 5.33. The lowest BCUT2D eigenvalue weighted by atomic mass is 9.80. The molecule has 3 heteroatoms. The quantitative estimate of drug-likeness (QED) is 0.868. The second kappa shape index (κ2) is 6.80. The number of hydrogen-bond donors (Lipinski definition) is 1. The molecule has 1 saturated carbocycles. The van der Waals surface area contributed by atoms with Crippen LogP contribution in [-0.4, -0.2) is 31.1 Å². The molecule has 1 aliphatic heterocycles. The van der Waals surface area contributed by atoms with Crippen LogP contribution in [0.2, 0.25) is 0 Å². The van der Waals surface area contributed by atoms with Gasteiger partial charge in [-0.25, -0.2) is 0 Å². The Bertz CT molecular complexity index is 452. The number of para-hydroxylation sites is 1. The third-order valence-electron chi connectivity index (χ3n) is 5.19. The molecule has 1 aromatic carbocycles. The zero-order valence-corrected chi connectivity index (χ0v) is 13.0. The van der Waals surface area contributed by atoms with Crippen LogP contribution in [-0.2, 0) is 6.54 Å². The van der Waals surface area contributed by atoms with Gasteiger partial charge >= 0.3 is 0 Å². The summed E-state index contributed by atoms with van der Waals surface area (Å²) in [7, 11) is 0. The first kappa shape index (κ1) is 14.9. The summed E-state index contributed by atoms with van der Waals surface area (Å²) in [5, 5.41) is 0. The minimum absolute atomic E-state index is 0.329. The maximum absolute atomic E-state index is 6.20. The van der Waals surface area contributed by atoms with Crippen LogP contribution in [0.1, 0.15) is 44.1 Å². The van der Waals surface area contributed by atoms with Gasteiger partial charge in [0, 0.05) is 25.2 Å². The van der Waals surface area contributed by atoms with Crippen LogP contribution in [0.5, 0.6) is 5.75 Å². The van der Waals surface area contributed by atoms with Gasteiger partial charge in [0.05, 0.1) is 0 Å². The first-order chi connectivity index (χ1) is 10.3. The Hall–Kier alpha value is -1.06. The molecule has 0 unspecified atom stereocenters. The van der Waals surface area contributed by atoms with E-state index >= 15 is 0 Å². The third kappa shape index (κ3) is 3.58. The van der Waals surface area contributed by atoms with Gasteiger partial charge < -0.3 is 10.5 Å². The van der Waals surface area contributed by atoms with E-state index in [0.29, 0.717) is 5.41 Å². The highest BCUT2D eigenvalue weighted by Crippen LogP contribution is 2.36. The van der Waals surface area contributed by atoms with Crippen molar-refractivity contribution in [2.75, 3.05) is 26.2 Å². The van der Waals surface area contributed by atoms with Crippen molar-refractivity contribution in [2.45, 2.75) is 45.1 Å². The summed E-state index contributed by atoms with van der Waals surface area (Å²) in [5.41, 5.74) is 7.85. The maximum Gasteiger partial charge on any atom is 0.123 e. The molecule has 2 aliphatic rings. The van der Waals surface area contributed by atoms with Crippen molar-refractivity contribution in [3.05, 3.63) is 29.8 Å². The highest BCUT2D eigenvalue weighted by Gasteiger charge is 2.32. The fraction of sp³-hybridized carbons (Fsp3) is 0.667. The zero-order chi connectivity index (χ0) is 14.5. The predicted octanol–water partition coefficient (Wildman–Crippen LogP) is 3.18. The van der Waals surface area contributed by atoms with Crippen LogP contribution >= 0.6 is 0 Å². The number of benzene rings is 1. The van der Waals surface area contributed by atoms with Crippen LogP contribution in [0.3, 0.4) is 0 Å². The molecule has 1 fully saturated rings. The van der Waals surface area contributed by atoms with Crippen molar-refractivity contribution in [3.8, 4) is 5.75 Å². The van der Waals surface area contributed by atoms with Crippen LogP contribution < -0.4 is 10.5 Å².